The lowest BCUT2D eigenvalue weighted by Crippen LogP contribution is -2.43. The third kappa shape index (κ3) is 5.25. The minimum Gasteiger partial charge on any atom is -0.490 e. The molecule has 1 aromatic rings. The Morgan fingerprint density at radius 1 is 1.24 bits per heavy atom. The minimum absolute atomic E-state index is 0.0469. The predicted molar refractivity (Wildman–Crippen MR) is 99.0 cm³/mol. The molecule has 1 saturated heterocycles. The van der Waals surface area contributed by atoms with Crippen molar-refractivity contribution in [2.75, 3.05) is 32.9 Å². The van der Waals surface area contributed by atoms with E-state index in [1.807, 2.05) is 25.7 Å². The van der Waals surface area contributed by atoms with E-state index in [0.717, 1.165) is 25.8 Å². The standard InChI is InChI=1S/C19H28ClNO4/c1-4-10-25-18-16(20)11-14(12-17(18)24-6-3)19(22)21-9-7-8-15(13-21)23-5-2/h11-12,15H,4-10,13H2,1-3H3. The van der Waals surface area contributed by atoms with Crippen LogP contribution in [0.5, 0.6) is 11.5 Å². The highest BCUT2D eigenvalue weighted by Crippen LogP contribution is 2.37. The summed E-state index contributed by atoms with van der Waals surface area (Å²) in [6.07, 6.45) is 2.92. The van der Waals surface area contributed by atoms with Gasteiger partial charge in [-0.25, -0.2) is 0 Å². The Labute approximate surface area is 155 Å². The van der Waals surface area contributed by atoms with E-state index in [2.05, 4.69) is 0 Å². The summed E-state index contributed by atoms with van der Waals surface area (Å²) in [6, 6.07) is 3.40. The Bertz CT molecular complexity index is 577. The molecular formula is C19H28ClNO4. The summed E-state index contributed by atoms with van der Waals surface area (Å²) in [5.74, 6) is 0.979. The zero-order valence-electron chi connectivity index (χ0n) is 15.3. The topological polar surface area (TPSA) is 48.0 Å². The molecule has 0 aromatic heterocycles. The van der Waals surface area contributed by atoms with E-state index in [1.165, 1.54) is 0 Å². The Morgan fingerprint density at radius 2 is 2.04 bits per heavy atom. The number of carbonyl (C=O) groups excluding carboxylic acids is 1. The molecule has 0 aliphatic carbocycles. The summed E-state index contributed by atoms with van der Waals surface area (Å²) in [5.41, 5.74) is 0.523. The van der Waals surface area contributed by atoms with Crippen LogP contribution in [-0.2, 0) is 4.74 Å². The minimum atomic E-state index is -0.0469. The van der Waals surface area contributed by atoms with Crippen LogP contribution < -0.4 is 9.47 Å². The molecule has 5 nitrogen and oxygen atoms in total. The van der Waals surface area contributed by atoms with Gasteiger partial charge in [0.25, 0.3) is 5.91 Å². The molecule has 140 valence electrons. The maximum absolute atomic E-state index is 12.9. The lowest BCUT2D eigenvalue weighted by atomic mass is 10.1. The molecule has 2 rings (SSSR count). The maximum Gasteiger partial charge on any atom is 0.254 e. The Hall–Kier alpha value is -1.46. The van der Waals surface area contributed by atoms with Crippen LogP contribution >= 0.6 is 11.6 Å². The first kappa shape index (κ1) is 19.9. The summed E-state index contributed by atoms with van der Waals surface area (Å²) < 4.78 is 17.0. The number of rotatable bonds is 8. The summed E-state index contributed by atoms with van der Waals surface area (Å²) >= 11 is 6.37. The summed E-state index contributed by atoms with van der Waals surface area (Å²) in [7, 11) is 0. The second-order valence-corrected chi connectivity index (χ2v) is 6.44. The van der Waals surface area contributed by atoms with Gasteiger partial charge in [0.05, 0.1) is 24.3 Å². The van der Waals surface area contributed by atoms with Crippen LogP contribution in [0.2, 0.25) is 5.02 Å². The molecular weight excluding hydrogens is 342 g/mol. The van der Waals surface area contributed by atoms with Gasteiger partial charge in [-0.3, -0.25) is 4.79 Å². The number of likely N-dealkylation sites (tertiary alicyclic amines) is 1. The van der Waals surface area contributed by atoms with E-state index in [9.17, 15) is 4.79 Å². The zero-order chi connectivity index (χ0) is 18.2. The molecule has 0 saturated carbocycles. The molecule has 1 amide bonds. The molecule has 1 heterocycles. The highest BCUT2D eigenvalue weighted by molar-refractivity contribution is 6.32. The molecule has 0 bridgehead atoms. The number of piperidine rings is 1. The van der Waals surface area contributed by atoms with Gasteiger partial charge < -0.3 is 19.1 Å². The van der Waals surface area contributed by atoms with Crippen molar-refractivity contribution in [3.05, 3.63) is 22.7 Å². The molecule has 1 aliphatic heterocycles. The molecule has 1 unspecified atom stereocenters. The molecule has 0 spiro atoms. The smallest absolute Gasteiger partial charge is 0.254 e. The monoisotopic (exact) mass is 369 g/mol. The maximum atomic E-state index is 12.9. The third-order valence-electron chi connectivity index (χ3n) is 4.07. The number of hydrogen-bond donors (Lipinski definition) is 0. The fraction of sp³-hybridized carbons (Fsp3) is 0.632. The van der Waals surface area contributed by atoms with E-state index < -0.39 is 0 Å². The van der Waals surface area contributed by atoms with E-state index in [0.29, 0.717) is 48.5 Å². The average Bonchev–Trinajstić information content (AvgIpc) is 2.61. The van der Waals surface area contributed by atoms with Crippen molar-refractivity contribution in [1.29, 1.82) is 0 Å². The van der Waals surface area contributed by atoms with E-state index in [4.69, 9.17) is 25.8 Å². The lowest BCUT2D eigenvalue weighted by Gasteiger charge is -2.32. The zero-order valence-corrected chi connectivity index (χ0v) is 16.1. The van der Waals surface area contributed by atoms with Gasteiger partial charge in [-0.15, -0.1) is 0 Å². The van der Waals surface area contributed by atoms with Crippen LogP contribution in [0, 0.1) is 0 Å². The van der Waals surface area contributed by atoms with Crippen molar-refractivity contribution in [1.82, 2.24) is 4.90 Å². The van der Waals surface area contributed by atoms with Crippen molar-refractivity contribution in [2.45, 2.75) is 46.1 Å². The van der Waals surface area contributed by atoms with Crippen LogP contribution in [0.25, 0.3) is 0 Å². The second kappa shape index (κ2) is 9.88. The molecule has 1 aliphatic rings. The number of benzene rings is 1. The average molecular weight is 370 g/mol. The molecule has 1 aromatic carbocycles. The molecule has 0 radical (unpaired) electrons. The highest BCUT2D eigenvalue weighted by Gasteiger charge is 2.26. The normalized spacial score (nSPS) is 17.4. The molecule has 1 atom stereocenters. The summed E-state index contributed by atoms with van der Waals surface area (Å²) in [4.78, 5) is 14.7. The van der Waals surface area contributed by atoms with Gasteiger partial charge in [-0.2, -0.15) is 0 Å². The van der Waals surface area contributed by atoms with Crippen LogP contribution in [0.3, 0.4) is 0 Å². The van der Waals surface area contributed by atoms with Crippen molar-refractivity contribution in [2.24, 2.45) is 0 Å². The van der Waals surface area contributed by atoms with Crippen molar-refractivity contribution in [3.8, 4) is 11.5 Å². The Kier molecular flexibility index (Phi) is 7.85. The van der Waals surface area contributed by atoms with E-state index >= 15 is 0 Å². The predicted octanol–water partition coefficient (Wildman–Crippen LogP) is 4.17. The molecule has 0 N–H and O–H groups in total. The van der Waals surface area contributed by atoms with Crippen LogP contribution in [0.1, 0.15) is 50.4 Å². The number of hydrogen-bond acceptors (Lipinski definition) is 4. The molecule has 6 heteroatoms. The van der Waals surface area contributed by atoms with Crippen molar-refractivity contribution >= 4 is 17.5 Å². The van der Waals surface area contributed by atoms with Crippen LogP contribution in [0.4, 0.5) is 0 Å². The van der Waals surface area contributed by atoms with Gasteiger partial charge in [0.2, 0.25) is 0 Å². The van der Waals surface area contributed by atoms with Crippen LogP contribution in [0.15, 0.2) is 12.1 Å². The quantitative estimate of drug-likeness (QED) is 0.690. The summed E-state index contributed by atoms with van der Waals surface area (Å²) in [6.45, 7) is 8.93. The molecule has 25 heavy (non-hydrogen) atoms. The highest BCUT2D eigenvalue weighted by atomic mass is 35.5. The van der Waals surface area contributed by atoms with E-state index in [-0.39, 0.29) is 12.0 Å². The fourth-order valence-electron chi connectivity index (χ4n) is 2.98. The number of halogens is 1. The van der Waals surface area contributed by atoms with Gasteiger partial charge in [0.15, 0.2) is 11.5 Å². The van der Waals surface area contributed by atoms with Gasteiger partial charge >= 0.3 is 0 Å². The van der Waals surface area contributed by atoms with Gasteiger partial charge in [-0.05, 0) is 45.2 Å². The van der Waals surface area contributed by atoms with Crippen molar-refractivity contribution in [3.63, 3.8) is 0 Å². The number of nitrogens with zero attached hydrogens (tertiary/aromatic N) is 1. The number of carbonyl (C=O) groups is 1. The van der Waals surface area contributed by atoms with Gasteiger partial charge in [0.1, 0.15) is 0 Å². The van der Waals surface area contributed by atoms with E-state index in [1.54, 1.807) is 12.1 Å². The first-order chi connectivity index (χ1) is 12.1. The third-order valence-corrected chi connectivity index (χ3v) is 4.36. The first-order valence-corrected chi connectivity index (χ1v) is 9.48. The Balaban J connectivity index is 2.21. The Morgan fingerprint density at radius 3 is 2.72 bits per heavy atom. The number of amides is 1. The van der Waals surface area contributed by atoms with Gasteiger partial charge in [0, 0.05) is 25.3 Å². The SMILES string of the molecule is CCCOc1c(Cl)cc(C(=O)N2CCCC(OCC)C2)cc1OCC. The molecule has 1 fully saturated rings. The van der Waals surface area contributed by atoms with Crippen LogP contribution in [-0.4, -0.2) is 49.8 Å². The summed E-state index contributed by atoms with van der Waals surface area (Å²) in [5, 5.41) is 0.404. The second-order valence-electron chi connectivity index (χ2n) is 6.04. The fourth-order valence-corrected chi connectivity index (χ4v) is 3.24. The number of ether oxygens (including phenoxy) is 3. The van der Waals surface area contributed by atoms with Crippen molar-refractivity contribution < 1.29 is 19.0 Å². The lowest BCUT2D eigenvalue weighted by molar-refractivity contribution is 0.00723. The largest absolute Gasteiger partial charge is 0.490 e. The first-order valence-electron chi connectivity index (χ1n) is 9.10. The van der Waals surface area contributed by atoms with Gasteiger partial charge in [-0.1, -0.05) is 18.5 Å².